The van der Waals surface area contributed by atoms with Crippen LogP contribution < -0.4 is 4.90 Å². The molecule has 2 heterocycles. The van der Waals surface area contributed by atoms with Gasteiger partial charge in [-0.1, -0.05) is 151 Å². The molecule has 270 valence electrons. The van der Waals surface area contributed by atoms with Crippen molar-refractivity contribution >= 4 is 50.0 Å². The highest BCUT2D eigenvalue weighted by Gasteiger charge is 2.38. The van der Waals surface area contributed by atoms with E-state index in [1.807, 2.05) is 0 Å². The second kappa shape index (κ2) is 13.7. The van der Waals surface area contributed by atoms with Gasteiger partial charge >= 0.3 is 0 Å². The van der Waals surface area contributed by atoms with E-state index in [-0.39, 0.29) is 12.0 Å². The minimum absolute atomic E-state index is 0.151. The summed E-state index contributed by atoms with van der Waals surface area (Å²) >= 11 is 0. The Hall–Kier alpha value is -6.38. The molecule has 5 aromatic carbocycles. The van der Waals surface area contributed by atoms with Gasteiger partial charge in [0.05, 0.1) is 17.1 Å². The first kappa shape index (κ1) is 33.0. The molecule has 6 aromatic rings. The van der Waals surface area contributed by atoms with Crippen molar-refractivity contribution in [2.24, 2.45) is 5.92 Å². The second-order valence-electron chi connectivity index (χ2n) is 15.9. The standard InChI is InChI=1S/C54H44N2/c1-4-15-37(16-5-1)40-21-14-22-45(32-40)55-51-25-12-10-23-47(51)49-29-27-41(35-53(49)55)42-28-30-50-48-24-11-13-26-52(48)56(54(50)36-42)46-33-43(38-17-6-2-7-18-38)31-44(34-46)39-19-8-3-9-20-39/h1-4,6-8,10-15,17-19,21-31,33-36,40,50,54H,5,9,16,20,32H2. The van der Waals surface area contributed by atoms with E-state index in [9.17, 15) is 0 Å². The molecule has 1 aliphatic heterocycles. The third-order valence-corrected chi connectivity index (χ3v) is 12.6. The zero-order valence-electron chi connectivity index (χ0n) is 31.6. The van der Waals surface area contributed by atoms with Crippen LogP contribution in [0.4, 0.5) is 11.4 Å². The van der Waals surface area contributed by atoms with Gasteiger partial charge in [-0.2, -0.15) is 0 Å². The lowest BCUT2D eigenvalue weighted by Crippen LogP contribution is -2.29. The normalized spacial score (nSPS) is 21.1. The smallest absolute Gasteiger partial charge is 0.0635 e. The summed E-state index contributed by atoms with van der Waals surface area (Å²) in [5.41, 5.74) is 17.1. The second-order valence-corrected chi connectivity index (χ2v) is 15.9. The SMILES string of the molecule is C1=CCCC(c2cc(-c3ccccc3)cc(N3c4ccccc4C4C=CC(c5ccc6c7ccccc7n(C7=CC=CC(C8=CC=CCC8)C7)c6c5)=CC43)c2)=C1. The summed E-state index contributed by atoms with van der Waals surface area (Å²) in [6, 6.07) is 43.4. The zero-order valence-corrected chi connectivity index (χ0v) is 31.6. The molecule has 5 aliphatic rings. The van der Waals surface area contributed by atoms with Crippen LogP contribution in [0.1, 0.15) is 54.7 Å². The van der Waals surface area contributed by atoms with Crippen LogP contribution in [0, 0.1) is 5.92 Å². The van der Waals surface area contributed by atoms with E-state index in [0.717, 1.165) is 32.1 Å². The maximum absolute atomic E-state index is 2.61. The maximum Gasteiger partial charge on any atom is 0.0635 e. The highest BCUT2D eigenvalue weighted by molar-refractivity contribution is 6.11. The Balaban J connectivity index is 1.03. The lowest BCUT2D eigenvalue weighted by Gasteiger charge is -2.31. The first-order chi connectivity index (χ1) is 27.8. The van der Waals surface area contributed by atoms with Gasteiger partial charge in [0.1, 0.15) is 0 Å². The number of allylic oxidation sites excluding steroid dienone is 14. The average molecular weight is 721 g/mol. The molecule has 0 spiro atoms. The van der Waals surface area contributed by atoms with Crippen molar-refractivity contribution in [1.29, 1.82) is 0 Å². The molecule has 3 atom stereocenters. The van der Waals surface area contributed by atoms with Gasteiger partial charge in [0.25, 0.3) is 0 Å². The molecule has 0 N–H and O–H groups in total. The van der Waals surface area contributed by atoms with Crippen molar-refractivity contribution < 1.29 is 0 Å². The quantitative estimate of drug-likeness (QED) is 0.166. The van der Waals surface area contributed by atoms with Gasteiger partial charge in [-0.15, -0.1) is 0 Å². The largest absolute Gasteiger partial charge is 0.333 e. The summed E-state index contributed by atoms with van der Waals surface area (Å²) in [5.74, 6) is 0.702. The fourth-order valence-corrected chi connectivity index (χ4v) is 9.89. The molecule has 4 aliphatic carbocycles. The van der Waals surface area contributed by atoms with Crippen molar-refractivity contribution in [3.8, 4) is 11.1 Å². The molecule has 0 radical (unpaired) electrons. The van der Waals surface area contributed by atoms with E-state index < -0.39 is 0 Å². The van der Waals surface area contributed by atoms with Crippen molar-refractivity contribution in [1.82, 2.24) is 4.57 Å². The number of fused-ring (bicyclic) bond motifs is 6. The van der Waals surface area contributed by atoms with Gasteiger partial charge in [-0.25, -0.2) is 0 Å². The molecule has 3 unspecified atom stereocenters. The number of hydrogen-bond donors (Lipinski definition) is 0. The van der Waals surface area contributed by atoms with Gasteiger partial charge in [0.15, 0.2) is 0 Å². The van der Waals surface area contributed by atoms with Crippen molar-refractivity contribution in [2.45, 2.75) is 44.1 Å². The van der Waals surface area contributed by atoms with Crippen LogP contribution in [0.5, 0.6) is 0 Å². The van der Waals surface area contributed by atoms with Gasteiger partial charge in [-0.05, 0) is 114 Å². The minimum atomic E-state index is 0.151. The third-order valence-electron chi connectivity index (χ3n) is 12.6. The molecule has 1 aromatic heterocycles. The average Bonchev–Trinajstić information content (AvgIpc) is 3.79. The molecule has 2 heteroatoms. The highest BCUT2D eigenvalue weighted by Crippen LogP contribution is 2.50. The summed E-state index contributed by atoms with van der Waals surface area (Å²) in [5, 5.41) is 2.62. The predicted octanol–water partition coefficient (Wildman–Crippen LogP) is 14.1. The highest BCUT2D eigenvalue weighted by atomic mass is 15.2. The van der Waals surface area contributed by atoms with E-state index in [2.05, 4.69) is 198 Å². The van der Waals surface area contributed by atoms with Crippen LogP contribution in [-0.2, 0) is 0 Å². The topological polar surface area (TPSA) is 8.17 Å². The van der Waals surface area contributed by atoms with Crippen LogP contribution >= 0.6 is 0 Å². The fourth-order valence-electron chi connectivity index (χ4n) is 9.89. The van der Waals surface area contributed by atoms with Crippen LogP contribution in [0.3, 0.4) is 0 Å². The summed E-state index contributed by atoms with van der Waals surface area (Å²) in [4.78, 5) is 2.61. The summed E-state index contributed by atoms with van der Waals surface area (Å²) in [7, 11) is 0. The predicted molar refractivity (Wildman–Crippen MR) is 238 cm³/mol. The molecule has 0 fully saturated rings. The number of benzene rings is 5. The Kier molecular flexibility index (Phi) is 8.09. The van der Waals surface area contributed by atoms with E-state index >= 15 is 0 Å². The van der Waals surface area contributed by atoms with Crippen LogP contribution in [0.25, 0.3) is 49.8 Å². The van der Waals surface area contributed by atoms with Crippen LogP contribution in [-0.4, -0.2) is 10.6 Å². The van der Waals surface area contributed by atoms with Crippen LogP contribution in [0.2, 0.25) is 0 Å². The summed E-state index contributed by atoms with van der Waals surface area (Å²) < 4.78 is 2.54. The molecule has 56 heavy (non-hydrogen) atoms. The Bertz CT molecular complexity index is 2790. The minimum Gasteiger partial charge on any atom is -0.333 e. The van der Waals surface area contributed by atoms with Crippen molar-refractivity contribution in [2.75, 3.05) is 4.90 Å². The van der Waals surface area contributed by atoms with Crippen molar-refractivity contribution in [3.05, 3.63) is 210 Å². The number of rotatable bonds is 6. The lowest BCUT2D eigenvalue weighted by atomic mass is 9.86. The van der Waals surface area contributed by atoms with Gasteiger partial charge in [0.2, 0.25) is 0 Å². The van der Waals surface area contributed by atoms with E-state index in [0.29, 0.717) is 5.92 Å². The molecule has 0 saturated heterocycles. The van der Waals surface area contributed by atoms with Gasteiger partial charge in [0, 0.05) is 39.7 Å². The van der Waals surface area contributed by atoms with Crippen LogP contribution in [0.15, 0.2) is 194 Å². The lowest BCUT2D eigenvalue weighted by molar-refractivity contribution is 0.707. The Morgan fingerprint density at radius 1 is 0.571 bits per heavy atom. The van der Waals surface area contributed by atoms with Crippen molar-refractivity contribution in [3.63, 3.8) is 0 Å². The molecule has 0 saturated carbocycles. The van der Waals surface area contributed by atoms with E-state index in [1.165, 1.54) is 77.8 Å². The number of anilines is 2. The first-order valence-corrected chi connectivity index (χ1v) is 20.4. The van der Waals surface area contributed by atoms with E-state index in [4.69, 9.17) is 0 Å². The molecule has 11 rings (SSSR count). The molecular formula is C54H44N2. The number of nitrogens with zero attached hydrogens (tertiary/aromatic N) is 2. The number of hydrogen-bond acceptors (Lipinski definition) is 1. The van der Waals surface area contributed by atoms with Gasteiger partial charge in [-0.3, -0.25) is 0 Å². The van der Waals surface area contributed by atoms with Gasteiger partial charge < -0.3 is 9.47 Å². The summed E-state index contributed by atoms with van der Waals surface area (Å²) in [6.07, 6.45) is 33.5. The molecule has 0 bridgehead atoms. The molecular weight excluding hydrogens is 677 g/mol. The Morgan fingerprint density at radius 3 is 2.25 bits per heavy atom. The van der Waals surface area contributed by atoms with E-state index in [1.54, 1.807) is 5.57 Å². The third kappa shape index (κ3) is 5.63. The fraction of sp³-hybridized carbons (Fsp3) is 0.148. The zero-order chi connectivity index (χ0) is 37.0. The molecule has 2 nitrogen and oxygen atoms in total. The monoisotopic (exact) mass is 720 g/mol. The number of aromatic nitrogens is 1. The molecule has 0 amide bonds. The maximum atomic E-state index is 2.61. The summed E-state index contributed by atoms with van der Waals surface area (Å²) in [6.45, 7) is 0. The number of para-hydroxylation sites is 2. The Morgan fingerprint density at radius 2 is 1.38 bits per heavy atom. The first-order valence-electron chi connectivity index (χ1n) is 20.4. The Labute approximate surface area is 329 Å².